The highest BCUT2D eigenvalue weighted by atomic mass is 32.2. The molecule has 0 aromatic carbocycles. The van der Waals surface area contributed by atoms with Gasteiger partial charge in [-0.3, -0.25) is 4.21 Å². The first-order valence-electron chi connectivity index (χ1n) is 4.07. The molecule has 2 N–H and O–H groups in total. The highest BCUT2D eigenvalue weighted by Crippen LogP contribution is 2.11. The summed E-state index contributed by atoms with van der Waals surface area (Å²) >= 11 is 0. The molecule has 0 rings (SSSR count). The van der Waals surface area contributed by atoms with Crippen molar-refractivity contribution in [3.05, 3.63) is 0 Å². The minimum absolute atomic E-state index is 0.128. The first-order chi connectivity index (χ1) is 6.40. The first-order valence-corrected chi connectivity index (χ1v) is 5.56. The van der Waals surface area contributed by atoms with Crippen LogP contribution in [0.3, 0.4) is 0 Å². The van der Waals surface area contributed by atoms with Crippen LogP contribution in [0.4, 0.5) is 8.78 Å². The Morgan fingerprint density at radius 2 is 2.14 bits per heavy atom. The van der Waals surface area contributed by atoms with Crippen molar-refractivity contribution in [1.82, 2.24) is 5.32 Å². The monoisotopic (exact) mass is 229 g/mol. The average molecular weight is 229 g/mol. The second-order valence-corrected chi connectivity index (χ2v) is 4.48. The number of halogens is 2. The van der Waals surface area contributed by atoms with Crippen LogP contribution in [0, 0.1) is 0 Å². The van der Waals surface area contributed by atoms with E-state index in [2.05, 4.69) is 5.32 Å². The Morgan fingerprint density at radius 1 is 1.57 bits per heavy atom. The Hall–Kier alpha value is -0.560. The summed E-state index contributed by atoms with van der Waals surface area (Å²) in [5.41, 5.74) is 0. The lowest BCUT2D eigenvalue weighted by Crippen LogP contribution is -2.40. The standard InChI is InChI=1S/C7H13F2NO3S/c1-2-14(13)4-3-10-5-7(8,9)6(11)12/h10H,2-5H2,1H3,(H,11,12). The smallest absolute Gasteiger partial charge is 0.375 e. The summed E-state index contributed by atoms with van der Waals surface area (Å²) in [5.74, 6) is -5.18. The van der Waals surface area contributed by atoms with Gasteiger partial charge >= 0.3 is 11.9 Å². The molecule has 1 atom stereocenters. The summed E-state index contributed by atoms with van der Waals surface area (Å²) in [6, 6.07) is 0. The molecule has 0 aromatic rings. The second-order valence-electron chi connectivity index (χ2n) is 2.62. The average Bonchev–Trinajstić information content (AvgIpc) is 2.11. The van der Waals surface area contributed by atoms with Crippen molar-refractivity contribution in [3.8, 4) is 0 Å². The molecular weight excluding hydrogens is 216 g/mol. The van der Waals surface area contributed by atoms with Gasteiger partial charge in [-0.15, -0.1) is 0 Å². The summed E-state index contributed by atoms with van der Waals surface area (Å²) in [6.45, 7) is 0.925. The number of carboxylic acids is 1. The molecule has 0 heterocycles. The molecule has 4 nitrogen and oxygen atoms in total. The maximum atomic E-state index is 12.4. The summed E-state index contributed by atoms with van der Waals surface area (Å²) in [6.07, 6.45) is 0. The summed E-state index contributed by atoms with van der Waals surface area (Å²) in [5, 5.41) is 10.3. The van der Waals surface area contributed by atoms with E-state index in [0.717, 1.165) is 0 Å². The summed E-state index contributed by atoms with van der Waals surface area (Å²) in [4.78, 5) is 9.96. The predicted molar refractivity (Wildman–Crippen MR) is 49.0 cm³/mol. The van der Waals surface area contributed by atoms with Crippen LogP contribution in [0.1, 0.15) is 6.92 Å². The van der Waals surface area contributed by atoms with Crippen molar-refractivity contribution in [2.75, 3.05) is 24.6 Å². The van der Waals surface area contributed by atoms with E-state index in [1.165, 1.54) is 0 Å². The van der Waals surface area contributed by atoms with E-state index in [4.69, 9.17) is 5.11 Å². The number of nitrogens with one attached hydrogen (secondary N) is 1. The SMILES string of the molecule is CCS(=O)CCNCC(F)(F)C(=O)O. The molecule has 0 saturated heterocycles. The molecular formula is C7H13F2NO3S. The van der Waals surface area contributed by atoms with Crippen molar-refractivity contribution in [3.63, 3.8) is 0 Å². The van der Waals surface area contributed by atoms with Gasteiger partial charge in [0.1, 0.15) is 0 Å². The Labute approximate surface area is 83.1 Å². The van der Waals surface area contributed by atoms with Gasteiger partial charge in [-0.25, -0.2) is 4.79 Å². The highest BCUT2D eigenvalue weighted by molar-refractivity contribution is 7.84. The largest absolute Gasteiger partial charge is 0.477 e. The predicted octanol–water partition coefficient (Wildman–Crippen LogP) is 0.0645. The maximum absolute atomic E-state index is 12.4. The number of rotatable bonds is 7. The molecule has 14 heavy (non-hydrogen) atoms. The van der Waals surface area contributed by atoms with Gasteiger partial charge in [0.15, 0.2) is 0 Å². The molecule has 0 aliphatic rings. The lowest BCUT2D eigenvalue weighted by Gasteiger charge is -2.11. The van der Waals surface area contributed by atoms with Gasteiger partial charge in [0.05, 0.1) is 6.54 Å². The van der Waals surface area contributed by atoms with Gasteiger partial charge in [-0.2, -0.15) is 8.78 Å². The van der Waals surface area contributed by atoms with Crippen LogP contribution in [0.2, 0.25) is 0 Å². The van der Waals surface area contributed by atoms with Gasteiger partial charge in [0.25, 0.3) is 0 Å². The van der Waals surface area contributed by atoms with Crippen LogP contribution < -0.4 is 5.32 Å². The van der Waals surface area contributed by atoms with Crippen LogP contribution in [-0.4, -0.2) is 45.8 Å². The van der Waals surface area contributed by atoms with Crippen molar-refractivity contribution >= 4 is 16.8 Å². The zero-order valence-corrected chi connectivity index (χ0v) is 8.57. The van der Waals surface area contributed by atoms with Crippen molar-refractivity contribution < 1.29 is 22.9 Å². The number of aliphatic carboxylic acids is 1. The maximum Gasteiger partial charge on any atom is 0.375 e. The van der Waals surface area contributed by atoms with Gasteiger partial charge in [0, 0.05) is 28.9 Å². The molecule has 84 valence electrons. The van der Waals surface area contributed by atoms with E-state index in [-0.39, 0.29) is 12.3 Å². The quantitative estimate of drug-likeness (QED) is 0.606. The van der Waals surface area contributed by atoms with Crippen LogP contribution in [0.5, 0.6) is 0 Å². The lowest BCUT2D eigenvalue weighted by atomic mass is 10.3. The van der Waals surface area contributed by atoms with E-state index >= 15 is 0 Å². The fourth-order valence-electron chi connectivity index (χ4n) is 0.651. The third-order valence-corrected chi connectivity index (χ3v) is 2.79. The third kappa shape index (κ3) is 5.23. The third-order valence-electron chi connectivity index (χ3n) is 1.49. The number of hydrogen-bond donors (Lipinski definition) is 2. The summed E-state index contributed by atoms with van der Waals surface area (Å²) in [7, 11) is -1.02. The zero-order chi connectivity index (χ0) is 11.2. The van der Waals surface area contributed by atoms with Gasteiger partial charge in [-0.05, 0) is 0 Å². The topological polar surface area (TPSA) is 66.4 Å². The van der Waals surface area contributed by atoms with Crippen molar-refractivity contribution in [1.29, 1.82) is 0 Å². The molecule has 0 saturated carbocycles. The Bertz CT molecular complexity index is 223. The molecule has 0 radical (unpaired) electrons. The second kappa shape index (κ2) is 6.02. The van der Waals surface area contributed by atoms with E-state index in [9.17, 15) is 17.8 Å². The van der Waals surface area contributed by atoms with E-state index in [1.54, 1.807) is 6.92 Å². The lowest BCUT2D eigenvalue weighted by molar-refractivity contribution is -0.163. The van der Waals surface area contributed by atoms with Crippen molar-refractivity contribution in [2.24, 2.45) is 0 Å². The molecule has 0 fully saturated rings. The van der Waals surface area contributed by atoms with Crippen LogP contribution in [0.25, 0.3) is 0 Å². The molecule has 0 spiro atoms. The van der Waals surface area contributed by atoms with Gasteiger partial charge < -0.3 is 10.4 Å². The Kier molecular flexibility index (Phi) is 5.78. The van der Waals surface area contributed by atoms with Crippen molar-refractivity contribution in [2.45, 2.75) is 12.8 Å². The zero-order valence-electron chi connectivity index (χ0n) is 7.76. The van der Waals surface area contributed by atoms with Crippen LogP contribution in [0.15, 0.2) is 0 Å². The molecule has 7 heteroatoms. The number of hydrogen-bond acceptors (Lipinski definition) is 3. The molecule has 0 aliphatic carbocycles. The minimum atomic E-state index is -3.76. The van der Waals surface area contributed by atoms with Gasteiger partial charge in [0.2, 0.25) is 0 Å². The highest BCUT2D eigenvalue weighted by Gasteiger charge is 2.37. The minimum Gasteiger partial charge on any atom is -0.477 e. The molecule has 1 unspecified atom stereocenters. The Morgan fingerprint density at radius 3 is 2.57 bits per heavy atom. The number of alkyl halides is 2. The number of carboxylic acid groups (broad SMARTS) is 1. The summed E-state index contributed by atoms with van der Waals surface area (Å²) < 4.78 is 35.7. The fourth-order valence-corrected chi connectivity index (χ4v) is 1.31. The van der Waals surface area contributed by atoms with Crippen LogP contribution >= 0.6 is 0 Å². The number of carbonyl (C=O) groups is 1. The van der Waals surface area contributed by atoms with Gasteiger partial charge in [-0.1, -0.05) is 6.92 Å². The van der Waals surface area contributed by atoms with E-state index in [1.807, 2.05) is 0 Å². The fraction of sp³-hybridized carbons (Fsp3) is 0.857. The molecule has 0 aromatic heterocycles. The van der Waals surface area contributed by atoms with Crippen LogP contribution in [-0.2, 0) is 15.6 Å². The van der Waals surface area contributed by atoms with E-state index in [0.29, 0.717) is 5.75 Å². The normalized spacial score (nSPS) is 13.9. The molecule has 0 aliphatic heterocycles. The van der Waals surface area contributed by atoms with E-state index < -0.39 is 29.2 Å². The first kappa shape index (κ1) is 13.4. The molecule has 0 bridgehead atoms. The molecule has 0 amide bonds. The Balaban J connectivity index is 3.64.